The van der Waals surface area contributed by atoms with Crippen molar-refractivity contribution in [2.24, 2.45) is 5.16 Å². The fourth-order valence-corrected chi connectivity index (χ4v) is 12.4. The normalized spacial score (nSPS) is 17.3. The maximum Gasteiger partial charge on any atom is 0.500 e. The molecule has 2 aliphatic heterocycles. The van der Waals surface area contributed by atoms with Gasteiger partial charge in [0.2, 0.25) is 0 Å². The molecule has 14 nitrogen and oxygen atoms in total. The van der Waals surface area contributed by atoms with Crippen molar-refractivity contribution in [3.05, 3.63) is 120 Å². The van der Waals surface area contributed by atoms with Crippen molar-refractivity contribution in [1.82, 2.24) is 0 Å². The van der Waals surface area contributed by atoms with Crippen LogP contribution in [0.2, 0.25) is 6.04 Å². The Morgan fingerprint density at radius 2 is 1.04 bits per heavy atom. The lowest BCUT2D eigenvalue weighted by molar-refractivity contribution is 0.0223. The molecular formula is C53H73NO13SSi. The van der Waals surface area contributed by atoms with E-state index in [2.05, 4.69) is 60.7 Å². The molecule has 2 heterocycles. The molecule has 16 heteroatoms. The largest absolute Gasteiger partial charge is 0.500 e. The molecule has 0 saturated carbocycles. The molecule has 0 saturated heterocycles. The van der Waals surface area contributed by atoms with E-state index in [0.717, 1.165) is 42.3 Å². The first-order valence-corrected chi connectivity index (χ1v) is 27.5. The summed E-state index contributed by atoms with van der Waals surface area (Å²) in [6, 6.07) is 35.5. The molecule has 0 amide bonds. The average molecular weight is 992 g/mol. The van der Waals surface area contributed by atoms with Crippen LogP contribution in [0.15, 0.2) is 108 Å². The fraction of sp³-hybridized carbons (Fsp3) is 0.528. The molecule has 4 aromatic carbocycles. The fourth-order valence-electron chi connectivity index (χ4n) is 8.05. The Morgan fingerprint density at radius 1 is 0.565 bits per heavy atom. The number of para-hydroxylation sites is 2. The molecule has 2 aliphatic rings. The van der Waals surface area contributed by atoms with Gasteiger partial charge in [0.25, 0.3) is 0 Å². The first-order chi connectivity index (χ1) is 34.1. The van der Waals surface area contributed by atoms with E-state index in [1.165, 1.54) is 11.1 Å². The Balaban J connectivity index is 0.995. The Morgan fingerprint density at radius 3 is 1.57 bits per heavy atom. The molecule has 1 unspecified atom stereocenters. The third-order valence-corrected chi connectivity index (χ3v) is 15.9. The third kappa shape index (κ3) is 17.6. The van der Waals surface area contributed by atoms with Crippen molar-refractivity contribution in [3.8, 4) is 23.0 Å². The summed E-state index contributed by atoms with van der Waals surface area (Å²) >= 11 is 1.89. The minimum atomic E-state index is -2.79. The van der Waals surface area contributed by atoms with Crippen molar-refractivity contribution >= 4 is 26.3 Å². The topological polar surface area (TPSA) is 132 Å². The summed E-state index contributed by atoms with van der Waals surface area (Å²) in [6.07, 6.45) is 3.14. The zero-order valence-electron chi connectivity index (χ0n) is 40.8. The van der Waals surface area contributed by atoms with Crippen LogP contribution in [0.3, 0.4) is 0 Å². The lowest BCUT2D eigenvalue weighted by Crippen LogP contribution is -2.46. The summed E-state index contributed by atoms with van der Waals surface area (Å²) in [5.41, 5.74) is 4.34. The van der Waals surface area contributed by atoms with Crippen LogP contribution in [0.1, 0.15) is 63.1 Å². The van der Waals surface area contributed by atoms with E-state index >= 15 is 0 Å². The van der Waals surface area contributed by atoms with Gasteiger partial charge in [-0.25, -0.2) is 0 Å². The van der Waals surface area contributed by atoms with Gasteiger partial charge in [0.15, 0.2) is 23.0 Å². The summed E-state index contributed by atoms with van der Waals surface area (Å²) in [5.74, 6) is 3.42. The van der Waals surface area contributed by atoms with Crippen LogP contribution < -0.4 is 18.9 Å². The van der Waals surface area contributed by atoms with Crippen LogP contribution in [0.25, 0.3) is 0 Å². The summed E-state index contributed by atoms with van der Waals surface area (Å²) in [6.45, 7) is 13.5. The highest BCUT2D eigenvalue weighted by Crippen LogP contribution is 2.48. The maximum atomic E-state index is 6.23. The van der Waals surface area contributed by atoms with Crippen LogP contribution >= 0.6 is 11.8 Å². The predicted octanol–water partition coefficient (Wildman–Crippen LogP) is 9.54. The molecule has 0 spiro atoms. The molecule has 69 heavy (non-hydrogen) atoms. The van der Waals surface area contributed by atoms with Crippen LogP contribution in [-0.4, -0.2) is 132 Å². The second-order valence-corrected chi connectivity index (χ2v) is 20.1. The summed E-state index contributed by atoms with van der Waals surface area (Å²) in [4.78, 5) is 6.23. The van der Waals surface area contributed by atoms with Gasteiger partial charge in [-0.3, -0.25) is 0 Å². The van der Waals surface area contributed by atoms with Crippen molar-refractivity contribution in [2.45, 2.75) is 70.0 Å². The number of hydrogen-bond donors (Lipinski definition) is 0. The Labute approximate surface area is 414 Å². The highest BCUT2D eigenvalue weighted by atomic mass is 32.2. The van der Waals surface area contributed by atoms with Gasteiger partial charge in [-0.15, -0.1) is 11.8 Å². The molecule has 4 aromatic rings. The first kappa shape index (κ1) is 54.1. The van der Waals surface area contributed by atoms with E-state index in [-0.39, 0.29) is 6.10 Å². The van der Waals surface area contributed by atoms with Gasteiger partial charge < -0.3 is 60.7 Å². The first-order valence-electron chi connectivity index (χ1n) is 24.6. The second-order valence-electron chi connectivity index (χ2n) is 16.1. The Bertz CT molecular complexity index is 1980. The number of rotatable bonds is 20. The predicted molar refractivity (Wildman–Crippen MR) is 270 cm³/mol. The van der Waals surface area contributed by atoms with E-state index in [9.17, 15) is 0 Å². The molecule has 0 radical (unpaired) electrons. The van der Waals surface area contributed by atoms with Gasteiger partial charge in [-0.2, -0.15) is 0 Å². The van der Waals surface area contributed by atoms with Crippen LogP contribution in [-0.2, 0) is 53.2 Å². The quantitative estimate of drug-likeness (QED) is 0.0615. The number of oxime groups is 1. The zero-order chi connectivity index (χ0) is 48.1. The van der Waals surface area contributed by atoms with Gasteiger partial charge in [-0.05, 0) is 86.7 Å². The van der Waals surface area contributed by atoms with E-state index in [1.54, 1.807) is 0 Å². The number of benzene rings is 4. The minimum absolute atomic E-state index is 0.0617. The van der Waals surface area contributed by atoms with Crippen molar-refractivity contribution < 1.29 is 60.7 Å². The Hall–Kier alpha value is -4.20. The SMILES string of the molecule is CCO[Si](CCCSC(C1=NOC(CCCOCc2ccc3c(c2)OCCOCCOCCOc2ccccc2OCCOCCOCCO3)C1)(c1ccccc1)c1ccccc1)(OCC)OCC. The van der Waals surface area contributed by atoms with E-state index in [1.807, 2.05) is 75.0 Å². The van der Waals surface area contributed by atoms with Gasteiger partial charge >= 0.3 is 8.80 Å². The standard InChI is InChI=1S/C53H73NO13SSi/c1-4-64-69(65-5-2,66-6-3)40-16-39-68-53(45-17-9-7-10-18-45,46-19-11-8-12-20-46)52-42-47(67-54-52)21-15-26-59-43-44-24-25-50-51(41-44)63-38-34-58-30-29-56-32-36-61-49-23-14-13-22-48(49)60-35-31-55-27-28-57-33-37-62-50/h7-14,17-20,22-25,41,47H,4-6,15-16,21,26-40,42-43H2,1-3H3. The lowest BCUT2D eigenvalue weighted by Gasteiger charge is -2.35. The monoisotopic (exact) mass is 991 g/mol. The molecule has 378 valence electrons. The van der Waals surface area contributed by atoms with Gasteiger partial charge in [0, 0.05) is 38.9 Å². The molecule has 0 fully saturated rings. The highest BCUT2D eigenvalue weighted by molar-refractivity contribution is 8.01. The van der Waals surface area contributed by atoms with Gasteiger partial charge in [0.1, 0.15) is 37.3 Å². The molecule has 0 aromatic heterocycles. The molecule has 0 bridgehead atoms. The molecule has 0 aliphatic carbocycles. The van der Waals surface area contributed by atoms with E-state index in [0.29, 0.717) is 142 Å². The number of thioether (sulfide) groups is 1. The smallest absolute Gasteiger partial charge is 0.487 e. The molecular weight excluding hydrogens is 919 g/mol. The van der Waals surface area contributed by atoms with Crippen molar-refractivity contribution in [3.63, 3.8) is 0 Å². The number of hydrogen-bond acceptors (Lipinski definition) is 15. The molecule has 1 atom stereocenters. The number of nitrogens with zero attached hydrogens (tertiary/aromatic N) is 1. The summed E-state index contributed by atoms with van der Waals surface area (Å²) in [7, 11) is -2.79. The van der Waals surface area contributed by atoms with Crippen LogP contribution in [0.5, 0.6) is 23.0 Å². The van der Waals surface area contributed by atoms with Crippen molar-refractivity contribution in [1.29, 1.82) is 0 Å². The van der Waals surface area contributed by atoms with Gasteiger partial charge in [0.05, 0.1) is 65.2 Å². The highest BCUT2D eigenvalue weighted by Gasteiger charge is 2.45. The number of fused-ring (bicyclic) bond motifs is 2. The summed E-state index contributed by atoms with van der Waals surface area (Å²) < 4.78 is 71.3. The average Bonchev–Trinajstić information content (AvgIpc) is 3.85. The van der Waals surface area contributed by atoms with Crippen LogP contribution in [0.4, 0.5) is 0 Å². The minimum Gasteiger partial charge on any atom is -0.487 e. The van der Waals surface area contributed by atoms with Crippen LogP contribution in [0, 0.1) is 0 Å². The van der Waals surface area contributed by atoms with E-state index in [4.69, 9.17) is 65.9 Å². The second kappa shape index (κ2) is 31.2. The zero-order valence-corrected chi connectivity index (χ0v) is 42.6. The van der Waals surface area contributed by atoms with Crippen molar-refractivity contribution in [2.75, 3.05) is 111 Å². The van der Waals surface area contributed by atoms with Gasteiger partial charge in [-0.1, -0.05) is 84.0 Å². The Kier molecular flexibility index (Phi) is 24.5. The molecule has 0 N–H and O–H groups in total. The van der Waals surface area contributed by atoms with E-state index < -0.39 is 13.6 Å². The summed E-state index contributed by atoms with van der Waals surface area (Å²) in [5, 5.41) is 4.86. The lowest BCUT2D eigenvalue weighted by atomic mass is 9.83. The number of ether oxygens (including phenoxy) is 9. The maximum absolute atomic E-state index is 6.23. The third-order valence-electron chi connectivity index (χ3n) is 11.2. The molecule has 6 rings (SSSR count).